The molecular weight excluding hydrogens is 255 g/mol. The number of hydrogen-bond acceptors (Lipinski definition) is 4. The maximum atomic E-state index is 13.7. The number of nitrogen functional groups attached to an aromatic ring is 1. The van der Waals surface area contributed by atoms with Crippen molar-refractivity contribution >= 4 is 5.82 Å². The van der Waals surface area contributed by atoms with Crippen LogP contribution in [0.4, 0.5) is 10.2 Å². The van der Waals surface area contributed by atoms with E-state index in [1.165, 1.54) is 6.07 Å². The molecule has 0 fully saturated rings. The predicted molar refractivity (Wildman–Crippen MR) is 77.9 cm³/mol. The number of nitrogens with two attached hydrogens (primary N) is 1. The van der Waals surface area contributed by atoms with Crippen LogP contribution in [0.3, 0.4) is 0 Å². The van der Waals surface area contributed by atoms with E-state index in [1.54, 1.807) is 18.2 Å². The Morgan fingerprint density at radius 1 is 1.25 bits per heavy atom. The van der Waals surface area contributed by atoms with Gasteiger partial charge in [0.2, 0.25) is 0 Å². The van der Waals surface area contributed by atoms with E-state index in [9.17, 15) is 4.39 Å². The molecule has 0 radical (unpaired) electrons. The molecule has 0 aliphatic carbocycles. The van der Waals surface area contributed by atoms with Gasteiger partial charge in [0, 0.05) is 17.7 Å². The van der Waals surface area contributed by atoms with Gasteiger partial charge in [-0.25, -0.2) is 20.2 Å². The molecule has 0 aliphatic heterocycles. The van der Waals surface area contributed by atoms with E-state index in [4.69, 9.17) is 5.84 Å². The number of aromatic nitrogens is 2. The summed E-state index contributed by atoms with van der Waals surface area (Å²) >= 11 is 0. The lowest BCUT2D eigenvalue weighted by Gasteiger charge is -2.15. The first-order chi connectivity index (χ1) is 9.52. The van der Waals surface area contributed by atoms with Gasteiger partial charge in [-0.3, -0.25) is 0 Å². The highest BCUT2D eigenvalue weighted by Gasteiger charge is 2.15. The first kappa shape index (κ1) is 14.4. The molecule has 20 heavy (non-hydrogen) atoms. The van der Waals surface area contributed by atoms with Crippen LogP contribution in [0.15, 0.2) is 24.3 Å². The third-order valence-corrected chi connectivity index (χ3v) is 3.20. The number of benzene rings is 1. The number of anilines is 1. The van der Waals surface area contributed by atoms with Crippen LogP contribution in [0, 0.1) is 12.7 Å². The summed E-state index contributed by atoms with van der Waals surface area (Å²) in [6.07, 6.45) is 0.348. The van der Waals surface area contributed by atoms with Gasteiger partial charge in [0.1, 0.15) is 17.5 Å². The number of rotatable bonds is 4. The summed E-state index contributed by atoms with van der Waals surface area (Å²) < 4.78 is 13.7. The Kier molecular flexibility index (Phi) is 4.29. The van der Waals surface area contributed by atoms with Gasteiger partial charge in [-0.05, 0) is 24.5 Å². The zero-order valence-electron chi connectivity index (χ0n) is 11.9. The largest absolute Gasteiger partial charge is 0.308 e. The molecule has 0 atom stereocenters. The number of aryl methyl sites for hydroxylation is 1. The minimum Gasteiger partial charge on any atom is -0.308 e. The Bertz CT molecular complexity index is 611. The highest BCUT2D eigenvalue weighted by molar-refractivity contribution is 5.47. The lowest BCUT2D eigenvalue weighted by Crippen LogP contribution is -2.16. The molecule has 1 aromatic carbocycles. The summed E-state index contributed by atoms with van der Waals surface area (Å²) in [6, 6.07) is 6.64. The molecular formula is C15H19FN4. The normalized spacial score (nSPS) is 10.9. The van der Waals surface area contributed by atoms with Crippen molar-refractivity contribution in [3.05, 3.63) is 52.7 Å². The molecule has 1 aromatic heterocycles. The van der Waals surface area contributed by atoms with Crippen molar-refractivity contribution in [3.63, 3.8) is 0 Å². The van der Waals surface area contributed by atoms with E-state index in [-0.39, 0.29) is 11.7 Å². The van der Waals surface area contributed by atoms with E-state index >= 15 is 0 Å². The van der Waals surface area contributed by atoms with E-state index in [0.717, 1.165) is 11.3 Å². The van der Waals surface area contributed by atoms with Crippen molar-refractivity contribution in [3.8, 4) is 0 Å². The second-order valence-corrected chi connectivity index (χ2v) is 5.05. The molecule has 0 saturated carbocycles. The van der Waals surface area contributed by atoms with Crippen molar-refractivity contribution in [2.75, 3.05) is 5.43 Å². The molecule has 0 aliphatic rings. The molecule has 106 valence electrons. The van der Waals surface area contributed by atoms with Crippen molar-refractivity contribution in [1.82, 2.24) is 9.97 Å². The molecule has 0 bridgehead atoms. The highest BCUT2D eigenvalue weighted by Crippen LogP contribution is 2.25. The molecule has 0 spiro atoms. The lowest BCUT2D eigenvalue weighted by molar-refractivity contribution is 0.612. The van der Waals surface area contributed by atoms with Gasteiger partial charge in [0.15, 0.2) is 0 Å². The van der Waals surface area contributed by atoms with Crippen LogP contribution >= 0.6 is 0 Å². The minimum absolute atomic E-state index is 0.246. The van der Waals surface area contributed by atoms with Crippen molar-refractivity contribution in [1.29, 1.82) is 0 Å². The fourth-order valence-corrected chi connectivity index (χ4v) is 2.33. The third-order valence-electron chi connectivity index (χ3n) is 3.20. The summed E-state index contributed by atoms with van der Waals surface area (Å²) in [7, 11) is 0. The quantitative estimate of drug-likeness (QED) is 0.664. The smallest absolute Gasteiger partial charge is 0.147 e. The summed E-state index contributed by atoms with van der Waals surface area (Å²) in [5.41, 5.74) is 5.05. The predicted octanol–water partition coefficient (Wildman–Crippen LogP) is 2.92. The average molecular weight is 274 g/mol. The molecule has 0 unspecified atom stereocenters. The molecule has 1 heterocycles. The lowest BCUT2D eigenvalue weighted by atomic mass is 10.0. The van der Waals surface area contributed by atoms with Crippen LogP contribution in [0.25, 0.3) is 0 Å². The molecule has 2 rings (SSSR count). The Labute approximate surface area is 118 Å². The molecule has 4 nitrogen and oxygen atoms in total. The number of hydrazine groups is 1. The number of halogens is 1. The van der Waals surface area contributed by atoms with E-state index in [0.29, 0.717) is 23.6 Å². The first-order valence-corrected chi connectivity index (χ1v) is 6.60. The van der Waals surface area contributed by atoms with Crippen LogP contribution in [-0.4, -0.2) is 9.97 Å². The molecule has 0 saturated heterocycles. The van der Waals surface area contributed by atoms with Gasteiger partial charge in [-0.1, -0.05) is 32.0 Å². The van der Waals surface area contributed by atoms with Gasteiger partial charge in [-0.2, -0.15) is 0 Å². The van der Waals surface area contributed by atoms with Crippen LogP contribution in [0.2, 0.25) is 0 Å². The molecule has 2 aromatic rings. The summed E-state index contributed by atoms with van der Waals surface area (Å²) in [5, 5.41) is 0. The standard InChI is InChI=1S/C15H19FN4/c1-9(2)14-10(3)18-13(19-15(14)20-17)8-11-6-4-5-7-12(11)16/h4-7,9H,8,17H2,1-3H3,(H,18,19,20). The summed E-state index contributed by atoms with van der Waals surface area (Å²) in [6.45, 7) is 6.04. The summed E-state index contributed by atoms with van der Waals surface area (Å²) in [5.74, 6) is 6.73. The number of nitrogens with one attached hydrogen (secondary N) is 1. The van der Waals surface area contributed by atoms with Crippen molar-refractivity contribution in [2.24, 2.45) is 5.84 Å². The molecule has 0 amide bonds. The third kappa shape index (κ3) is 2.93. The maximum Gasteiger partial charge on any atom is 0.147 e. The highest BCUT2D eigenvalue weighted by atomic mass is 19.1. The minimum atomic E-state index is -0.246. The van der Waals surface area contributed by atoms with Crippen LogP contribution in [0.1, 0.15) is 42.4 Å². The number of hydrogen-bond donors (Lipinski definition) is 2. The summed E-state index contributed by atoms with van der Waals surface area (Å²) in [4.78, 5) is 8.86. The van der Waals surface area contributed by atoms with Gasteiger partial charge < -0.3 is 5.43 Å². The van der Waals surface area contributed by atoms with Crippen LogP contribution in [-0.2, 0) is 6.42 Å². The van der Waals surface area contributed by atoms with Crippen molar-refractivity contribution in [2.45, 2.75) is 33.1 Å². The second kappa shape index (κ2) is 5.96. The Hall–Kier alpha value is -2.01. The van der Waals surface area contributed by atoms with Gasteiger partial charge in [0.05, 0.1) is 0 Å². The zero-order valence-corrected chi connectivity index (χ0v) is 11.9. The maximum absolute atomic E-state index is 13.7. The molecule has 5 heteroatoms. The fraction of sp³-hybridized carbons (Fsp3) is 0.333. The molecule has 3 N–H and O–H groups in total. The first-order valence-electron chi connectivity index (χ1n) is 6.60. The van der Waals surface area contributed by atoms with E-state index in [2.05, 4.69) is 29.2 Å². The zero-order chi connectivity index (χ0) is 14.7. The van der Waals surface area contributed by atoms with E-state index < -0.39 is 0 Å². The van der Waals surface area contributed by atoms with Gasteiger partial charge in [0.25, 0.3) is 0 Å². The second-order valence-electron chi connectivity index (χ2n) is 5.05. The SMILES string of the molecule is Cc1nc(Cc2ccccc2F)nc(NN)c1C(C)C. The van der Waals surface area contributed by atoms with Crippen molar-refractivity contribution < 1.29 is 4.39 Å². The topological polar surface area (TPSA) is 63.8 Å². The Balaban J connectivity index is 2.39. The van der Waals surface area contributed by atoms with Gasteiger partial charge >= 0.3 is 0 Å². The average Bonchev–Trinajstić information content (AvgIpc) is 2.40. The fourth-order valence-electron chi connectivity index (χ4n) is 2.33. The monoisotopic (exact) mass is 274 g/mol. The Morgan fingerprint density at radius 2 is 1.95 bits per heavy atom. The van der Waals surface area contributed by atoms with Gasteiger partial charge in [-0.15, -0.1) is 0 Å². The Morgan fingerprint density at radius 3 is 2.55 bits per heavy atom. The van der Waals surface area contributed by atoms with Crippen LogP contribution in [0.5, 0.6) is 0 Å². The van der Waals surface area contributed by atoms with E-state index in [1.807, 2.05) is 6.92 Å². The number of nitrogens with zero attached hydrogens (tertiary/aromatic N) is 2. The van der Waals surface area contributed by atoms with Crippen LogP contribution < -0.4 is 11.3 Å².